The van der Waals surface area contributed by atoms with Crippen LogP contribution in [0.1, 0.15) is 11.3 Å². The zero-order chi connectivity index (χ0) is 15.6. The van der Waals surface area contributed by atoms with Crippen molar-refractivity contribution in [1.29, 1.82) is 0 Å². The Labute approximate surface area is 118 Å². The molecule has 0 aliphatic rings. The molecule has 0 aliphatic heterocycles. The van der Waals surface area contributed by atoms with E-state index < -0.39 is 17.7 Å². The highest BCUT2D eigenvalue weighted by molar-refractivity contribution is 5.62. The zero-order valence-corrected chi connectivity index (χ0v) is 11.2. The molecule has 4 nitrogen and oxygen atoms in total. The van der Waals surface area contributed by atoms with Crippen LogP contribution in [0.25, 0.3) is 0 Å². The van der Waals surface area contributed by atoms with Crippen LogP contribution in [-0.2, 0) is 6.18 Å². The molecule has 1 heterocycles. The third-order valence-electron chi connectivity index (χ3n) is 2.72. The lowest BCUT2D eigenvalue weighted by Gasteiger charge is -2.13. The van der Waals surface area contributed by atoms with Crippen LogP contribution in [0, 0.1) is 12.7 Å². The maximum atomic E-state index is 13.7. The first-order valence-electron chi connectivity index (χ1n) is 5.97. The van der Waals surface area contributed by atoms with Gasteiger partial charge in [-0.2, -0.15) is 18.2 Å². The molecule has 0 spiro atoms. The highest BCUT2D eigenvalue weighted by atomic mass is 19.4. The van der Waals surface area contributed by atoms with Crippen LogP contribution in [0.15, 0.2) is 24.3 Å². The first kappa shape index (κ1) is 15.0. The van der Waals surface area contributed by atoms with Crippen LogP contribution in [0.5, 0.6) is 0 Å². The van der Waals surface area contributed by atoms with Crippen LogP contribution >= 0.6 is 0 Å². The number of anilines is 3. The molecule has 8 heteroatoms. The lowest BCUT2D eigenvalue weighted by molar-refractivity contribution is -0.141. The van der Waals surface area contributed by atoms with Gasteiger partial charge in [-0.05, 0) is 18.6 Å². The van der Waals surface area contributed by atoms with Crippen molar-refractivity contribution >= 4 is 17.5 Å². The Hall–Kier alpha value is -2.38. The van der Waals surface area contributed by atoms with Crippen LogP contribution < -0.4 is 10.6 Å². The van der Waals surface area contributed by atoms with Crippen molar-refractivity contribution in [3.63, 3.8) is 0 Å². The van der Waals surface area contributed by atoms with E-state index >= 15 is 0 Å². The number of halogens is 4. The fourth-order valence-corrected chi connectivity index (χ4v) is 1.69. The first-order chi connectivity index (χ1) is 9.81. The average Bonchev–Trinajstić information content (AvgIpc) is 2.42. The van der Waals surface area contributed by atoms with E-state index in [1.807, 2.05) is 0 Å². The van der Waals surface area contributed by atoms with E-state index in [1.54, 1.807) is 13.0 Å². The number of aromatic nitrogens is 2. The number of alkyl halides is 3. The summed E-state index contributed by atoms with van der Waals surface area (Å²) in [5.41, 5.74) is -0.488. The van der Waals surface area contributed by atoms with Gasteiger partial charge in [-0.3, -0.25) is 0 Å². The van der Waals surface area contributed by atoms with Gasteiger partial charge in [0.25, 0.3) is 0 Å². The Morgan fingerprint density at radius 2 is 1.86 bits per heavy atom. The summed E-state index contributed by atoms with van der Waals surface area (Å²) >= 11 is 0. The number of benzene rings is 1. The van der Waals surface area contributed by atoms with Gasteiger partial charge in [0.15, 0.2) is 5.69 Å². The molecule has 0 atom stereocenters. The summed E-state index contributed by atoms with van der Waals surface area (Å²) in [6.45, 7) is 1.64. The van der Waals surface area contributed by atoms with E-state index in [9.17, 15) is 17.6 Å². The maximum absolute atomic E-state index is 13.7. The minimum absolute atomic E-state index is 0.0753. The Morgan fingerprint density at radius 1 is 1.14 bits per heavy atom. The van der Waals surface area contributed by atoms with Crippen molar-refractivity contribution in [3.8, 4) is 0 Å². The molecule has 0 unspecified atom stereocenters. The summed E-state index contributed by atoms with van der Waals surface area (Å²) in [6, 6.07) is 5.08. The second-order valence-corrected chi connectivity index (χ2v) is 4.27. The zero-order valence-electron chi connectivity index (χ0n) is 11.2. The van der Waals surface area contributed by atoms with Gasteiger partial charge >= 0.3 is 6.18 Å². The molecule has 1 aromatic heterocycles. The summed E-state index contributed by atoms with van der Waals surface area (Å²) in [4.78, 5) is 7.17. The Bertz CT molecular complexity index is 635. The van der Waals surface area contributed by atoms with Gasteiger partial charge in [0.05, 0.1) is 5.69 Å². The second-order valence-electron chi connectivity index (χ2n) is 4.27. The number of para-hydroxylation sites is 1. The molecule has 0 saturated heterocycles. The first-order valence-corrected chi connectivity index (χ1v) is 5.97. The van der Waals surface area contributed by atoms with E-state index in [2.05, 4.69) is 20.6 Å². The number of aryl methyl sites for hydroxylation is 1. The van der Waals surface area contributed by atoms with Crippen molar-refractivity contribution < 1.29 is 17.6 Å². The molecule has 0 aliphatic carbocycles. The van der Waals surface area contributed by atoms with Gasteiger partial charge in [0.1, 0.15) is 11.6 Å². The number of hydrogen-bond donors (Lipinski definition) is 2. The summed E-state index contributed by atoms with van der Waals surface area (Å²) in [7, 11) is 1.40. The molecule has 0 saturated carbocycles. The summed E-state index contributed by atoms with van der Waals surface area (Å²) in [6.07, 6.45) is -4.62. The predicted molar refractivity (Wildman–Crippen MR) is 71.0 cm³/mol. The van der Waals surface area contributed by atoms with Crippen molar-refractivity contribution in [2.45, 2.75) is 13.1 Å². The highest BCUT2D eigenvalue weighted by Gasteiger charge is 2.33. The molecule has 2 rings (SSSR count). The Kier molecular flexibility index (Phi) is 3.97. The third-order valence-corrected chi connectivity index (χ3v) is 2.72. The molecule has 0 fully saturated rings. The fraction of sp³-hybridized carbons (Fsp3) is 0.231. The number of nitrogens with one attached hydrogen (secondary N) is 2. The molecule has 112 valence electrons. The van der Waals surface area contributed by atoms with Gasteiger partial charge < -0.3 is 10.6 Å². The highest BCUT2D eigenvalue weighted by Crippen LogP contribution is 2.31. The predicted octanol–water partition coefficient (Wildman–Crippen LogP) is 3.73. The maximum Gasteiger partial charge on any atom is 0.433 e. The average molecular weight is 300 g/mol. The van der Waals surface area contributed by atoms with Gasteiger partial charge in [-0.15, -0.1) is 0 Å². The van der Waals surface area contributed by atoms with Crippen LogP contribution in [0.4, 0.5) is 35.0 Å². The monoisotopic (exact) mass is 300 g/mol. The lowest BCUT2D eigenvalue weighted by Crippen LogP contribution is -2.12. The smallest absolute Gasteiger partial charge is 0.357 e. The number of nitrogens with zero attached hydrogens (tertiary/aromatic N) is 2. The van der Waals surface area contributed by atoms with E-state index in [0.717, 1.165) is 6.07 Å². The number of rotatable bonds is 3. The molecule has 0 bridgehead atoms. The molecule has 21 heavy (non-hydrogen) atoms. The van der Waals surface area contributed by atoms with Crippen LogP contribution in [0.3, 0.4) is 0 Å². The summed E-state index contributed by atoms with van der Waals surface area (Å²) < 4.78 is 52.0. The lowest BCUT2D eigenvalue weighted by atomic mass is 10.2. The van der Waals surface area contributed by atoms with Gasteiger partial charge in [0.2, 0.25) is 5.95 Å². The standard InChI is InChI=1S/C13H12F4N4/c1-7-4-3-5-8(14)11(7)20-10-6-9(13(15,16)17)19-12(18-2)21-10/h3-6H,1-2H3,(H2,18,19,20,21). The van der Waals surface area contributed by atoms with Gasteiger partial charge in [0, 0.05) is 13.1 Å². The molecular weight excluding hydrogens is 288 g/mol. The molecule has 0 radical (unpaired) electrons. The minimum atomic E-state index is -4.62. The largest absolute Gasteiger partial charge is 0.433 e. The summed E-state index contributed by atoms with van der Waals surface area (Å²) in [5, 5.41) is 5.00. The van der Waals surface area contributed by atoms with E-state index in [1.165, 1.54) is 19.2 Å². The van der Waals surface area contributed by atoms with Crippen molar-refractivity contribution in [1.82, 2.24) is 9.97 Å². The van der Waals surface area contributed by atoms with Crippen LogP contribution in [0.2, 0.25) is 0 Å². The molecule has 2 aromatic rings. The number of hydrogen-bond acceptors (Lipinski definition) is 4. The summed E-state index contributed by atoms with van der Waals surface area (Å²) in [5.74, 6) is -0.927. The Balaban J connectivity index is 2.45. The van der Waals surface area contributed by atoms with E-state index in [-0.39, 0.29) is 17.5 Å². The normalized spacial score (nSPS) is 11.3. The molecule has 0 amide bonds. The van der Waals surface area contributed by atoms with Gasteiger partial charge in [-0.25, -0.2) is 9.37 Å². The van der Waals surface area contributed by atoms with Crippen molar-refractivity contribution in [2.75, 3.05) is 17.7 Å². The quantitative estimate of drug-likeness (QED) is 0.848. The van der Waals surface area contributed by atoms with E-state index in [0.29, 0.717) is 5.56 Å². The van der Waals surface area contributed by atoms with Crippen molar-refractivity contribution in [3.05, 3.63) is 41.3 Å². The van der Waals surface area contributed by atoms with Crippen LogP contribution in [-0.4, -0.2) is 17.0 Å². The molecule has 1 aromatic carbocycles. The fourth-order valence-electron chi connectivity index (χ4n) is 1.69. The minimum Gasteiger partial charge on any atom is -0.357 e. The van der Waals surface area contributed by atoms with E-state index in [4.69, 9.17) is 0 Å². The topological polar surface area (TPSA) is 49.8 Å². The van der Waals surface area contributed by atoms with Crippen molar-refractivity contribution in [2.24, 2.45) is 0 Å². The van der Waals surface area contributed by atoms with Gasteiger partial charge in [-0.1, -0.05) is 12.1 Å². The third kappa shape index (κ3) is 3.39. The second kappa shape index (κ2) is 5.55. The SMILES string of the molecule is CNc1nc(Nc2c(C)cccc2F)cc(C(F)(F)F)n1. The molecule has 2 N–H and O–H groups in total. The Morgan fingerprint density at radius 3 is 2.43 bits per heavy atom. The molecular formula is C13H12F4N4.